The third-order valence-electron chi connectivity index (χ3n) is 6.56. The number of rotatable bonds is 4. The van der Waals surface area contributed by atoms with Crippen LogP contribution in [0.15, 0.2) is 35.3 Å². The Morgan fingerprint density at radius 2 is 2.09 bits per heavy atom. The van der Waals surface area contributed by atoms with E-state index in [-0.39, 0.29) is 14.3 Å². The van der Waals surface area contributed by atoms with E-state index in [0.29, 0.717) is 5.69 Å². The van der Waals surface area contributed by atoms with E-state index in [9.17, 15) is 9.59 Å². The number of aryl methyl sites for hydroxylation is 2. The van der Waals surface area contributed by atoms with Crippen molar-refractivity contribution in [1.29, 1.82) is 0 Å². The Kier molecular flexibility index (Phi) is 5.35. The van der Waals surface area contributed by atoms with Crippen molar-refractivity contribution >= 4 is 22.5 Å². The van der Waals surface area contributed by atoms with Crippen LogP contribution in [0.3, 0.4) is 0 Å². The van der Waals surface area contributed by atoms with Crippen LogP contribution in [-0.4, -0.2) is 45.9 Å². The second kappa shape index (κ2) is 8.31. The zero-order valence-corrected chi connectivity index (χ0v) is 18.5. The van der Waals surface area contributed by atoms with Crippen LogP contribution in [0.5, 0.6) is 0 Å². The van der Waals surface area contributed by atoms with Crippen molar-refractivity contribution in [1.82, 2.24) is 25.2 Å². The highest BCUT2D eigenvalue weighted by Crippen LogP contribution is 2.27. The largest absolute Gasteiger partial charge is 0.354 e. The molecule has 0 bridgehead atoms. The lowest BCUT2D eigenvalue weighted by Crippen LogP contribution is -2.28. The number of aromatic amines is 1. The number of fused-ring (bicyclic) bond motifs is 3. The molecule has 7 nitrogen and oxygen atoms in total. The molecule has 1 amide bonds. The maximum Gasteiger partial charge on any atom is 0.269 e. The van der Waals surface area contributed by atoms with Crippen LogP contribution in [-0.2, 0) is 19.4 Å². The van der Waals surface area contributed by atoms with Gasteiger partial charge in [0, 0.05) is 47.0 Å². The Labute approximate surface area is 189 Å². The number of nitrogens with one attached hydrogen (secondary N) is 2. The normalized spacial score (nSPS) is 16.1. The average Bonchev–Trinajstić information content (AvgIpc) is 3.30. The van der Waals surface area contributed by atoms with E-state index < -0.39 is 0 Å². The molecular formula is C25H31N5O2. The van der Waals surface area contributed by atoms with Crippen molar-refractivity contribution in [3.05, 3.63) is 74.5 Å². The molecule has 2 aliphatic rings. The minimum absolute atomic E-state index is 0. The fourth-order valence-corrected chi connectivity index (χ4v) is 4.90. The molecule has 0 saturated carbocycles. The van der Waals surface area contributed by atoms with E-state index in [2.05, 4.69) is 32.3 Å². The van der Waals surface area contributed by atoms with E-state index in [0.717, 1.165) is 84.3 Å². The minimum atomic E-state index is -0.168. The first-order valence-corrected chi connectivity index (χ1v) is 11.2. The van der Waals surface area contributed by atoms with Crippen LogP contribution < -0.4 is 10.9 Å². The van der Waals surface area contributed by atoms with Gasteiger partial charge < -0.3 is 10.3 Å². The SMILES string of the molecule is CNC(=O)c1ccc(C2=CCN(Cc3cnc4c5c(c(=O)[nH]c4c3)CCC5)CC2)c(C)n1.[HH].[HH]. The number of pyridine rings is 3. The highest BCUT2D eigenvalue weighted by atomic mass is 16.1. The summed E-state index contributed by atoms with van der Waals surface area (Å²) in [5, 5.41) is 2.62. The number of aromatic nitrogens is 3. The monoisotopic (exact) mass is 433 g/mol. The van der Waals surface area contributed by atoms with Gasteiger partial charge in [0.1, 0.15) is 5.69 Å². The molecule has 3 aromatic rings. The standard InChI is InChI=1S/C25H27N5O2.2H2/c1-15-18(6-7-21(28-15)25(32)26-2)17-8-10-30(11-9-17)14-16-12-22-23(27-13-16)19-4-3-5-20(19)24(31)29-22;;/h6-8,12-13H,3-5,9-11,14H2,1-2H3,(H,26,32)(H,29,31);2*1H. The number of hydrogen-bond donors (Lipinski definition) is 2. The second-order valence-electron chi connectivity index (χ2n) is 8.63. The number of H-pyrrole nitrogens is 1. The number of nitrogens with zero attached hydrogens (tertiary/aromatic N) is 3. The number of amides is 1. The summed E-state index contributed by atoms with van der Waals surface area (Å²) < 4.78 is 0. The molecule has 5 rings (SSSR count). The minimum Gasteiger partial charge on any atom is -0.354 e. The van der Waals surface area contributed by atoms with Gasteiger partial charge in [0.25, 0.3) is 11.5 Å². The average molecular weight is 434 g/mol. The van der Waals surface area contributed by atoms with Gasteiger partial charge in [0.2, 0.25) is 0 Å². The molecule has 2 N–H and O–H groups in total. The highest BCUT2D eigenvalue weighted by molar-refractivity contribution is 5.92. The van der Waals surface area contributed by atoms with Gasteiger partial charge in [0.15, 0.2) is 0 Å². The molecular weight excluding hydrogens is 402 g/mol. The molecule has 1 aliphatic carbocycles. The maximum absolute atomic E-state index is 12.4. The van der Waals surface area contributed by atoms with Gasteiger partial charge in [0.05, 0.1) is 11.0 Å². The second-order valence-corrected chi connectivity index (χ2v) is 8.63. The lowest BCUT2D eigenvalue weighted by Gasteiger charge is -2.27. The van der Waals surface area contributed by atoms with Crippen molar-refractivity contribution in [2.45, 2.75) is 39.2 Å². The smallest absolute Gasteiger partial charge is 0.269 e. The lowest BCUT2D eigenvalue weighted by molar-refractivity contribution is 0.0958. The summed E-state index contributed by atoms with van der Waals surface area (Å²) in [7, 11) is 1.61. The number of hydrogen-bond acceptors (Lipinski definition) is 5. The summed E-state index contributed by atoms with van der Waals surface area (Å²) >= 11 is 0. The Bertz CT molecular complexity index is 1320. The predicted octanol–water partition coefficient (Wildman–Crippen LogP) is 3.26. The van der Waals surface area contributed by atoms with Crippen molar-refractivity contribution in [3.63, 3.8) is 0 Å². The number of carbonyl (C=O) groups excluding carboxylic acids is 1. The van der Waals surface area contributed by atoms with Gasteiger partial charge in [-0.1, -0.05) is 12.1 Å². The molecule has 4 heterocycles. The van der Waals surface area contributed by atoms with E-state index in [1.807, 2.05) is 19.2 Å². The van der Waals surface area contributed by atoms with Crippen molar-refractivity contribution in [2.75, 3.05) is 20.1 Å². The quantitative estimate of drug-likeness (QED) is 0.659. The fraction of sp³-hybridized carbons (Fsp3) is 0.360. The molecule has 0 unspecified atom stereocenters. The molecule has 0 radical (unpaired) electrons. The number of carbonyl (C=O) groups is 1. The van der Waals surface area contributed by atoms with Crippen molar-refractivity contribution < 1.29 is 7.65 Å². The fourth-order valence-electron chi connectivity index (χ4n) is 4.90. The third-order valence-corrected chi connectivity index (χ3v) is 6.56. The molecule has 0 spiro atoms. The van der Waals surface area contributed by atoms with Gasteiger partial charge >= 0.3 is 0 Å². The summed E-state index contributed by atoms with van der Waals surface area (Å²) in [6.45, 7) is 4.51. The summed E-state index contributed by atoms with van der Waals surface area (Å²) in [4.78, 5) is 38.8. The summed E-state index contributed by atoms with van der Waals surface area (Å²) in [5.41, 5.74) is 8.69. The molecule has 32 heavy (non-hydrogen) atoms. The van der Waals surface area contributed by atoms with Gasteiger partial charge in [-0.15, -0.1) is 0 Å². The van der Waals surface area contributed by atoms with Crippen LogP contribution >= 0.6 is 0 Å². The molecule has 0 fully saturated rings. The van der Waals surface area contributed by atoms with Crippen LogP contribution in [0.4, 0.5) is 0 Å². The van der Waals surface area contributed by atoms with Gasteiger partial charge in [-0.2, -0.15) is 0 Å². The Hall–Kier alpha value is -3.32. The molecule has 168 valence electrons. The lowest BCUT2D eigenvalue weighted by atomic mass is 9.97. The molecule has 7 heteroatoms. The zero-order chi connectivity index (χ0) is 22.2. The molecule has 0 saturated heterocycles. The first-order chi connectivity index (χ1) is 15.5. The first-order valence-electron chi connectivity index (χ1n) is 11.2. The Morgan fingerprint density at radius 1 is 1.25 bits per heavy atom. The summed E-state index contributed by atoms with van der Waals surface area (Å²) in [6.07, 6.45) is 7.96. The van der Waals surface area contributed by atoms with Gasteiger partial charge in [-0.05, 0) is 67.0 Å². The van der Waals surface area contributed by atoms with E-state index >= 15 is 0 Å². The predicted molar refractivity (Wildman–Crippen MR) is 129 cm³/mol. The van der Waals surface area contributed by atoms with Gasteiger partial charge in [-0.25, -0.2) is 4.98 Å². The molecule has 3 aromatic heterocycles. The van der Waals surface area contributed by atoms with E-state index in [1.165, 1.54) is 5.57 Å². The van der Waals surface area contributed by atoms with Gasteiger partial charge in [-0.3, -0.25) is 19.5 Å². The van der Waals surface area contributed by atoms with Crippen molar-refractivity contribution in [2.24, 2.45) is 0 Å². The molecule has 1 aliphatic heterocycles. The van der Waals surface area contributed by atoms with Crippen LogP contribution in [0.1, 0.15) is 54.1 Å². The summed E-state index contributed by atoms with van der Waals surface area (Å²) in [6, 6.07) is 5.86. The topological polar surface area (TPSA) is 91.0 Å². The highest BCUT2D eigenvalue weighted by Gasteiger charge is 2.20. The third kappa shape index (κ3) is 3.73. The van der Waals surface area contributed by atoms with Crippen molar-refractivity contribution in [3.8, 4) is 0 Å². The van der Waals surface area contributed by atoms with Crippen LogP contribution in [0.25, 0.3) is 16.6 Å². The Morgan fingerprint density at radius 3 is 2.84 bits per heavy atom. The molecule has 0 atom stereocenters. The first kappa shape index (κ1) is 20.6. The summed E-state index contributed by atoms with van der Waals surface area (Å²) in [5.74, 6) is -0.168. The zero-order valence-electron chi connectivity index (χ0n) is 18.5. The van der Waals surface area contributed by atoms with E-state index in [4.69, 9.17) is 4.98 Å². The maximum atomic E-state index is 12.4. The Balaban J connectivity index is 0.00000162. The van der Waals surface area contributed by atoms with Crippen LogP contribution in [0.2, 0.25) is 0 Å². The van der Waals surface area contributed by atoms with Crippen LogP contribution in [0, 0.1) is 6.92 Å². The van der Waals surface area contributed by atoms with E-state index in [1.54, 1.807) is 13.1 Å². The molecule has 0 aromatic carbocycles.